The third-order valence-electron chi connectivity index (χ3n) is 7.92. The minimum atomic E-state index is 0.951. The summed E-state index contributed by atoms with van der Waals surface area (Å²) in [5, 5.41) is 0. The first kappa shape index (κ1) is 26.0. The van der Waals surface area contributed by atoms with Crippen LogP contribution in [0.2, 0.25) is 0 Å². The molecule has 3 rings (SSSR count). The maximum absolute atomic E-state index is 4.74. The van der Waals surface area contributed by atoms with Crippen LogP contribution < -0.4 is 0 Å². The van der Waals surface area contributed by atoms with E-state index in [0.29, 0.717) is 0 Å². The second-order valence-electron chi connectivity index (χ2n) is 10.7. The summed E-state index contributed by atoms with van der Waals surface area (Å²) >= 11 is 0. The van der Waals surface area contributed by atoms with Crippen LogP contribution in [0.1, 0.15) is 121 Å². The van der Waals surface area contributed by atoms with Crippen molar-refractivity contribution in [2.45, 2.75) is 123 Å². The van der Waals surface area contributed by atoms with Gasteiger partial charge in [0.1, 0.15) is 0 Å². The summed E-state index contributed by atoms with van der Waals surface area (Å²) in [5.74, 6) is 1.98. The Labute approximate surface area is 204 Å². The zero-order chi connectivity index (χ0) is 23.1. The number of aryl methyl sites for hydroxylation is 2. The summed E-state index contributed by atoms with van der Waals surface area (Å²) in [6.07, 6.45) is 25.7. The highest BCUT2D eigenvalue weighted by Crippen LogP contribution is 2.34. The first-order chi connectivity index (χ1) is 16.3. The molecule has 1 aromatic heterocycles. The average Bonchev–Trinajstić information content (AvgIpc) is 2.87. The molecule has 0 bridgehead atoms. The second kappa shape index (κ2) is 15.3. The Bertz CT molecular complexity index is 737. The fourth-order valence-corrected chi connectivity index (χ4v) is 5.56. The molecule has 1 aliphatic carbocycles. The van der Waals surface area contributed by atoms with Gasteiger partial charge in [-0.3, -0.25) is 4.98 Å². The normalized spacial score (nSPS) is 18.5. The number of hydrogen-bond donors (Lipinski definition) is 0. The SMILES string of the molecule is CCCCCCCC1CCC(CCc2ccc(-c3ccc(CCCCCC)cn3)cc2)CC1. The molecule has 0 amide bonds. The Hall–Kier alpha value is -1.63. The van der Waals surface area contributed by atoms with Crippen molar-refractivity contribution in [2.75, 3.05) is 0 Å². The molecule has 1 saturated carbocycles. The molecule has 0 radical (unpaired) electrons. The van der Waals surface area contributed by atoms with Gasteiger partial charge in [-0.25, -0.2) is 0 Å². The number of aromatic nitrogens is 1. The maximum Gasteiger partial charge on any atom is 0.0702 e. The van der Waals surface area contributed by atoms with Gasteiger partial charge in [0.25, 0.3) is 0 Å². The van der Waals surface area contributed by atoms with Gasteiger partial charge in [0, 0.05) is 11.8 Å². The van der Waals surface area contributed by atoms with Gasteiger partial charge < -0.3 is 0 Å². The predicted molar refractivity (Wildman–Crippen MR) is 145 cm³/mol. The van der Waals surface area contributed by atoms with Crippen molar-refractivity contribution >= 4 is 0 Å². The number of unbranched alkanes of at least 4 members (excludes halogenated alkanes) is 7. The highest BCUT2D eigenvalue weighted by atomic mass is 14.7. The van der Waals surface area contributed by atoms with Crippen LogP contribution >= 0.6 is 0 Å². The molecular weight excluding hydrogens is 398 g/mol. The minimum absolute atomic E-state index is 0.951. The zero-order valence-corrected chi connectivity index (χ0v) is 21.7. The number of rotatable bonds is 15. The molecule has 1 heteroatoms. The number of hydrogen-bond acceptors (Lipinski definition) is 1. The van der Waals surface area contributed by atoms with Gasteiger partial charge in [-0.15, -0.1) is 0 Å². The standard InChI is InChI=1S/C32H49N/c1-3-5-7-9-11-12-27-14-16-28(17-15-27)18-19-29-20-23-31(24-21-29)32-25-22-30(26-33-32)13-10-8-6-4-2/h20-28H,3-19H2,1-2H3. The van der Waals surface area contributed by atoms with Crippen molar-refractivity contribution in [2.24, 2.45) is 11.8 Å². The molecule has 0 atom stereocenters. The van der Waals surface area contributed by atoms with Crippen LogP contribution in [0.3, 0.4) is 0 Å². The van der Waals surface area contributed by atoms with Crippen molar-refractivity contribution in [3.8, 4) is 11.3 Å². The Morgan fingerprint density at radius 1 is 0.606 bits per heavy atom. The van der Waals surface area contributed by atoms with Gasteiger partial charge in [-0.2, -0.15) is 0 Å². The molecule has 1 aromatic carbocycles. The van der Waals surface area contributed by atoms with Gasteiger partial charge in [-0.05, 0) is 54.7 Å². The van der Waals surface area contributed by atoms with Crippen LogP contribution in [0.25, 0.3) is 11.3 Å². The average molecular weight is 448 g/mol. The van der Waals surface area contributed by atoms with Crippen LogP contribution in [-0.2, 0) is 12.8 Å². The molecule has 1 nitrogen and oxygen atoms in total. The van der Waals surface area contributed by atoms with Crippen LogP contribution in [0.4, 0.5) is 0 Å². The van der Waals surface area contributed by atoms with Gasteiger partial charge in [0.2, 0.25) is 0 Å². The molecule has 182 valence electrons. The van der Waals surface area contributed by atoms with E-state index in [2.05, 4.69) is 56.4 Å². The van der Waals surface area contributed by atoms with Crippen molar-refractivity contribution in [3.63, 3.8) is 0 Å². The second-order valence-corrected chi connectivity index (χ2v) is 10.7. The largest absolute Gasteiger partial charge is 0.256 e. The lowest BCUT2D eigenvalue weighted by Crippen LogP contribution is -2.15. The summed E-state index contributed by atoms with van der Waals surface area (Å²) < 4.78 is 0. The van der Waals surface area contributed by atoms with Crippen LogP contribution in [-0.4, -0.2) is 4.98 Å². The van der Waals surface area contributed by atoms with Crippen LogP contribution in [0, 0.1) is 11.8 Å². The molecule has 33 heavy (non-hydrogen) atoms. The zero-order valence-electron chi connectivity index (χ0n) is 21.7. The predicted octanol–water partition coefficient (Wildman–Crippen LogP) is 9.97. The molecule has 0 aliphatic heterocycles. The quantitative estimate of drug-likeness (QED) is 0.247. The summed E-state index contributed by atoms with van der Waals surface area (Å²) in [6.45, 7) is 4.57. The minimum Gasteiger partial charge on any atom is -0.256 e. The van der Waals surface area contributed by atoms with E-state index in [9.17, 15) is 0 Å². The third kappa shape index (κ3) is 9.63. The van der Waals surface area contributed by atoms with Gasteiger partial charge >= 0.3 is 0 Å². The summed E-state index contributed by atoms with van der Waals surface area (Å²) in [5.41, 5.74) is 5.21. The van der Waals surface area contributed by atoms with E-state index in [0.717, 1.165) is 24.0 Å². The van der Waals surface area contributed by atoms with E-state index < -0.39 is 0 Å². The Morgan fingerprint density at radius 2 is 1.21 bits per heavy atom. The topological polar surface area (TPSA) is 12.9 Å². The first-order valence-electron chi connectivity index (χ1n) is 14.3. The van der Waals surface area contributed by atoms with Crippen molar-refractivity contribution in [3.05, 3.63) is 53.7 Å². The molecule has 1 aliphatic rings. The van der Waals surface area contributed by atoms with Crippen molar-refractivity contribution < 1.29 is 0 Å². The van der Waals surface area contributed by atoms with Crippen molar-refractivity contribution in [1.82, 2.24) is 4.98 Å². The fourth-order valence-electron chi connectivity index (χ4n) is 5.56. The summed E-state index contributed by atoms with van der Waals surface area (Å²) in [6, 6.07) is 13.7. The molecule has 1 fully saturated rings. The van der Waals surface area contributed by atoms with E-state index in [4.69, 9.17) is 4.98 Å². The van der Waals surface area contributed by atoms with Gasteiger partial charge in [0.15, 0.2) is 0 Å². The van der Waals surface area contributed by atoms with E-state index in [1.165, 1.54) is 119 Å². The highest BCUT2D eigenvalue weighted by Gasteiger charge is 2.20. The number of pyridine rings is 1. The van der Waals surface area contributed by atoms with E-state index in [1.54, 1.807) is 0 Å². The lowest BCUT2D eigenvalue weighted by atomic mass is 9.77. The summed E-state index contributed by atoms with van der Waals surface area (Å²) in [7, 11) is 0. The lowest BCUT2D eigenvalue weighted by molar-refractivity contribution is 0.248. The lowest BCUT2D eigenvalue weighted by Gasteiger charge is -2.28. The Balaban J connectivity index is 1.35. The van der Waals surface area contributed by atoms with Gasteiger partial charge in [0.05, 0.1) is 5.69 Å². The highest BCUT2D eigenvalue weighted by molar-refractivity contribution is 5.59. The maximum atomic E-state index is 4.74. The summed E-state index contributed by atoms with van der Waals surface area (Å²) in [4.78, 5) is 4.74. The van der Waals surface area contributed by atoms with E-state index in [-0.39, 0.29) is 0 Å². The first-order valence-corrected chi connectivity index (χ1v) is 14.3. The smallest absolute Gasteiger partial charge is 0.0702 e. The third-order valence-corrected chi connectivity index (χ3v) is 7.92. The molecule has 0 unspecified atom stereocenters. The monoisotopic (exact) mass is 447 g/mol. The van der Waals surface area contributed by atoms with Crippen molar-refractivity contribution in [1.29, 1.82) is 0 Å². The Morgan fingerprint density at radius 3 is 1.85 bits per heavy atom. The van der Waals surface area contributed by atoms with Crippen LogP contribution in [0.5, 0.6) is 0 Å². The molecular formula is C32H49N. The van der Waals surface area contributed by atoms with E-state index >= 15 is 0 Å². The molecule has 0 N–H and O–H groups in total. The molecule has 2 aromatic rings. The molecule has 0 saturated heterocycles. The van der Waals surface area contributed by atoms with Crippen LogP contribution in [0.15, 0.2) is 42.6 Å². The molecule has 1 heterocycles. The van der Waals surface area contributed by atoms with Gasteiger partial charge in [-0.1, -0.05) is 128 Å². The Kier molecular flexibility index (Phi) is 12.1. The molecule has 0 spiro atoms. The fraction of sp³-hybridized carbons (Fsp3) is 0.656. The number of benzene rings is 1. The van der Waals surface area contributed by atoms with E-state index in [1.807, 2.05) is 0 Å². The number of nitrogens with zero attached hydrogens (tertiary/aromatic N) is 1.